The van der Waals surface area contributed by atoms with E-state index >= 15 is 0 Å². The maximum atomic E-state index is 12.4. The Morgan fingerprint density at radius 2 is 2.04 bits per heavy atom. The van der Waals surface area contributed by atoms with Crippen LogP contribution in [-0.2, 0) is 4.74 Å². The molecule has 0 saturated carbocycles. The molecule has 132 valence electrons. The van der Waals surface area contributed by atoms with Gasteiger partial charge < -0.3 is 10.1 Å². The van der Waals surface area contributed by atoms with Crippen molar-refractivity contribution >= 4 is 11.6 Å². The summed E-state index contributed by atoms with van der Waals surface area (Å²) in [6.07, 6.45) is 0. The van der Waals surface area contributed by atoms with E-state index in [-0.39, 0.29) is 17.6 Å². The lowest BCUT2D eigenvalue weighted by molar-refractivity contribution is -0.385. The highest BCUT2D eigenvalue weighted by Gasteiger charge is 2.24. The maximum absolute atomic E-state index is 12.4. The number of aryl methyl sites for hydroxylation is 1. The third-order valence-corrected chi connectivity index (χ3v) is 4.41. The molecule has 0 aliphatic carbocycles. The van der Waals surface area contributed by atoms with Gasteiger partial charge in [0.25, 0.3) is 11.6 Å². The van der Waals surface area contributed by atoms with Gasteiger partial charge in [0.2, 0.25) is 0 Å². The highest BCUT2D eigenvalue weighted by atomic mass is 16.6. The Kier molecular flexibility index (Phi) is 6.28. The maximum Gasteiger partial charge on any atom is 0.272 e. The average Bonchev–Trinajstić information content (AvgIpc) is 2.55. The highest BCUT2D eigenvalue weighted by molar-refractivity contribution is 5.94. The number of hydrogen-bond acceptors (Lipinski definition) is 5. The van der Waals surface area contributed by atoms with Crippen molar-refractivity contribution in [1.29, 1.82) is 0 Å². The number of benzene rings is 1. The van der Waals surface area contributed by atoms with E-state index in [1.165, 1.54) is 12.1 Å². The van der Waals surface area contributed by atoms with Gasteiger partial charge in [-0.25, -0.2) is 0 Å². The number of carbonyl (C=O) groups is 1. The number of nitrogens with zero attached hydrogens (tertiary/aromatic N) is 2. The molecule has 1 atom stereocenters. The van der Waals surface area contributed by atoms with Crippen LogP contribution >= 0.6 is 0 Å². The lowest BCUT2D eigenvalue weighted by Gasteiger charge is -2.36. The Morgan fingerprint density at radius 3 is 2.58 bits per heavy atom. The van der Waals surface area contributed by atoms with Crippen LogP contribution in [0.1, 0.15) is 29.8 Å². The highest BCUT2D eigenvalue weighted by Crippen LogP contribution is 2.19. The second-order valence-electron chi connectivity index (χ2n) is 6.43. The zero-order valence-corrected chi connectivity index (χ0v) is 14.4. The third kappa shape index (κ3) is 4.52. The SMILES string of the molecule is Cc1cc(C(=O)NC[C@@H](C(C)C)N2CCOCC2)ccc1[N+](=O)[O-]. The quantitative estimate of drug-likeness (QED) is 0.635. The number of morpholine rings is 1. The van der Waals surface area contributed by atoms with Gasteiger partial charge in [-0.1, -0.05) is 13.8 Å². The van der Waals surface area contributed by atoms with Gasteiger partial charge in [0.05, 0.1) is 18.1 Å². The van der Waals surface area contributed by atoms with Gasteiger partial charge in [-0.2, -0.15) is 0 Å². The number of amides is 1. The smallest absolute Gasteiger partial charge is 0.272 e. The van der Waals surface area contributed by atoms with Crippen molar-refractivity contribution in [3.05, 3.63) is 39.4 Å². The second kappa shape index (κ2) is 8.21. The molecule has 1 N–H and O–H groups in total. The van der Waals surface area contributed by atoms with Crippen molar-refractivity contribution in [3.63, 3.8) is 0 Å². The van der Waals surface area contributed by atoms with E-state index in [9.17, 15) is 14.9 Å². The minimum absolute atomic E-state index is 0.0277. The molecule has 1 aliphatic rings. The van der Waals surface area contributed by atoms with Crippen LogP contribution in [0.4, 0.5) is 5.69 Å². The van der Waals surface area contributed by atoms with Crippen molar-refractivity contribution in [1.82, 2.24) is 10.2 Å². The van der Waals surface area contributed by atoms with E-state index in [2.05, 4.69) is 24.1 Å². The van der Waals surface area contributed by atoms with Gasteiger partial charge in [0.1, 0.15) is 0 Å². The summed E-state index contributed by atoms with van der Waals surface area (Å²) in [6, 6.07) is 4.69. The number of hydrogen-bond donors (Lipinski definition) is 1. The first-order valence-corrected chi connectivity index (χ1v) is 8.25. The van der Waals surface area contributed by atoms with Crippen LogP contribution in [0, 0.1) is 23.0 Å². The van der Waals surface area contributed by atoms with Crippen LogP contribution < -0.4 is 5.32 Å². The van der Waals surface area contributed by atoms with E-state index < -0.39 is 4.92 Å². The second-order valence-corrected chi connectivity index (χ2v) is 6.43. The topological polar surface area (TPSA) is 84.7 Å². The van der Waals surface area contributed by atoms with Crippen molar-refractivity contribution in [3.8, 4) is 0 Å². The van der Waals surface area contributed by atoms with Gasteiger partial charge >= 0.3 is 0 Å². The molecule has 0 bridgehead atoms. The monoisotopic (exact) mass is 335 g/mol. The van der Waals surface area contributed by atoms with Gasteiger partial charge in [-0.3, -0.25) is 19.8 Å². The Hall–Kier alpha value is -1.99. The van der Waals surface area contributed by atoms with Crippen LogP contribution in [0.3, 0.4) is 0 Å². The molecule has 7 heteroatoms. The minimum atomic E-state index is -0.440. The predicted octanol–water partition coefficient (Wildman–Crippen LogP) is 1.99. The molecule has 1 aromatic carbocycles. The van der Waals surface area contributed by atoms with Gasteiger partial charge in [0, 0.05) is 42.9 Å². The lowest BCUT2D eigenvalue weighted by Crippen LogP contribution is -2.51. The molecule has 0 unspecified atom stereocenters. The zero-order chi connectivity index (χ0) is 17.7. The van der Waals surface area contributed by atoms with Crippen LogP contribution in [0.5, 0.6) is 0 Å². The van der Waals surface area contributed by atoms with E-state index in [1.807, 2.05) is 0 Å². The van der Waals surface area contributed by atoms with Crippen molar-refractivity contribution < 1.29 is 14.5 Å². The van der Waals surface area contributed by atoms with Crippen LogP contribution in [-0.4, -0.2) is 54.6 Å². The molecule has 2 rings (SSSR count). The van der Waals surface area contributed by atoms with E-state index in [0.717, 1.165) is 26.3 Å². The standard InChI is InChI=1S/C17H25N3O4/c1-12(2)16(19-6-8-24-9-7-19)11-18-17(21)14-4-5-15(20(22)23)13(3)10-14/h4-5,10,12,16H,6-9,11H2,1-3H3,(H,18,21)/t16-/m0/s1. The summed E-state index contributed by atoms with van der Waals surface area (Å²) < 4.78 is 5.38. The zero-order valence-electron chi connectivity index (χ0n) is 14.4. The third-order valence-electron chi connectivity index (χ3n) is 4.41. The molecule has 0 aromatic heterocycles. The average molecular weight is 335 g/mol. The van der Waals surface area contributed by atoms with Crippen LogP contribution in [0.25, 0.3) is 0 Å². The molecular weight excluding hydrogens is 310 g/mol. The summed E-state index contributed by atoms with van der Waals surface area (Å²) in [5.41, 5.74) is 0.962. The molecule has 1 fully saturated rings. The number of rotatable bonds is 6. The fourth-order valence-corrected chi connectivity index (χ4v) is 3.00. The Morgan fingerprint density at radius 1 is 1.38 bits per heavy atom. The first-order chi connectivity index (χ1) is 11.4. The van der Waals surface area contributed by atoms with E-state index in [1.54, 1.807) is 13.0 Å². The van der Waals surface area contributed by atoms with Crippen molar-refractivity contribution in [2.24, 2.45) is 5.92 Å². The molecule has 24 heavy (non-hydrogen) atoms. The largest absolute Gasteiger partial charge is 0.379 e. The van der Waals surface area contributed by atoms with Crippen LogP contribution in [0.15, 0.2) is 18.2 Å². The number of nitro groups is 1. The first-order valence-electron chi connectivity index (χ1n) is 8.25. The summed E-state index contributed by atoms with van der Waals surface area (Å²) in [6.45, 7) is 9.65. The summed E-state index contributed by atoms with van der Waals surface area (Å²) in [7, 11) is 0. The summed E-state index contributed by atoms with van der Waals surface area (Å²) in [5, 5.41) is 13.8. The molecule has 1 amide bonds. The lowest BCUT2D eigenvalue weighted by atomic mass is 10.0. The van der Waals surface area contributed by atoms with E-state index in [0.29, 0.717) is 23.6 Å². The molecule has 1 aliphatic heterocycles. The predicted molar refractivity (Wildman–Crippen MR) is 91.2 cm³/mol. The number of carbonyl (C=O) groups excluding carboxylic acids is 1. The number of ether oxygens (including phenoxy) is 1. The summed E-state index contributed by atoms with van der Waals surface area (Å²) >= 11 is 0. The fourth-order valence-electron chi connectivity index (χ4n) is 3.00. The molecule has 1 aromatic rings. The molecule has 0 spiro atoms. The minimum Gasteiger partial charge on any atom is -0.379 e. The number of nitro benzene ring substituents is 1. The molecule has 1 saturated heterocycles. The van der Waals surface area contributed by atoms with Crippen molar-refractivity contribution in [2.45, 2.75) is 26.8 Å². The van der Waals surface area contributed by atoms with Gasteiger partial charge in [0.15, 0.2) is 0 Å². The Balaban J connectivity index is 2.00. The van der Waals surface area contributed by atoms with Crippen LogP contribution in [0.2, 0.25) is 0 Å². The summed E-state index contributed by atoms with van der Waals surface area (Å²) in [4.78, 5) is 25.1. The van der Waals surface area contributed by atoms with Gasteiger partial charge in [-0.05, 0) is 25.0 Å². The Labute approximate surface area is 142 Å². The molecule has 1 heterocycles. The van der Waals surface area contributed by atoms with Gasteiger partial charge in [-0.15, -0.1) is 0 Å². The molecule has 7 nitrogen and oxygen atoms in total. The number of nitrogens with one attached hydrogen (secondary N) is 1. The Bertz CT molecular complexity index is 597. The molecule has 0 radical (unpaired) electrons. The van der Waals surface area contributed by atoms with Crippen molar-refractivity contribution in [2.75, 3.05) is 32.8 Å². The first kappa shape index (κ1) is 18.4. The normalized spacial score (nSPS) is 16.8. The molecular formula is C17H25N3O4. The fraction of sp³-hybridized carbons (Fsp3) is 0.588. The van der Waals surface area contributed by atoms with E-state index in [4.69, 9.17) is 4.74 Å². The summed E-state index contributed by atoms with van der Waals surface area (Å²) in [5.74, 6) is 0.203.